The quantitative estimate of drug-likeness (QED) is 0.754. The van der Waals surface area contributed by atoms with Gasteiger partial charge in [-0.15, -0.1) is 11.6 Å². The van der Waals surface area contributed by atoms with Crippen molar-refractivity contribution in [2.45, 2.75) is 19.4 Å². The van der Waals surface area contributed by atoms with Crippen molar-refractivity contribution in [3.05, 3.63) is 33.8 Å². The van der Waals surface area contributed by atoms with E-state index in [2.05, 4.69) is 6.92 Å². The summed E-state index contributed by atoms with van der Waals surface area (Å²) in [6, 6.07) is 5.18. The van der Waals surface area contributed by atoms with Crippen molar-refractivity contribution < 1.29 is 4.79 Å². The first-order valence-electron chi connectivity index (χ1n) is 5.87. The zero-order valence-electron chi connectivity index (χ0n) is 10.00. The number of likely N-dealkylation sites (tertiary alicyclic amines) is 1. The summed E-state index contributed by atoms with van der Waals surface area (Å²) in [6.45, 7) is 2.83. The third kappa shape index (κ3) is 2.47. The highest BCUT2D eigenvalue weighted by Crippen LogP contribution is 2.31. The van der Waals surface area contributed by atoms with E-state index in [1.807, 2.05) is 0 Å². The van der Waals surface area contributed by atoms with Gasteiger partial charge in [-0.1, -0.05) is 36.2 Å². The van der Waals surface area contributed by atoms with Crippen molar-refractivity contribution in [2.75, 3.05) is 12.4 Å². The fourth-order valence-corrected chi connectivity index (χ4v) is 3.17. The number of benzene rings is 1. The smallest absolute Gasteiger partial charge is 0.255 e. The van der Waals surface area contributed by atoms with Gasteiger partial charge in [0.1, 0.15) is 0 Å². The average molecular weight is 307 g/mol. The Kier molecular flexibility index (Phi) is 4.41. The zero-order chi connectivity index (χ0) is 13.3. The topological polar surface area (TPSA) is 20.3 Å². The molecule has 1 aliphatic heterocycles. The van der Waals surface area contributed by atoms with Gasteiger partial charge in [0.2, 0.25) is 0 Å². The lowest BCUT2D eigenvalue weighted by Crippen LogP contribution is -2.38. The first-order chi connectivity index (χ1) is 8.56. The van der Waals surface area contributed by atoms with Crippen molar-refractivity contribution >= 4 is 40.7 Å². The van der Waals surface area contributed by atoms with Crippen LogP contribution in [0.4, 0.5) is 0 Å². The van der Waals surface area contributed by atoms with E-state index >= 15 is 0 Å². The van der Waals surface area contributed by atoms with E-state index in [1.165, 1.54) is 0 Å². The van der Waals surface area contributed by atoms with Crippen LogP contribution in [0.5, 0.6) is 0 Å². The fraction of sp³-hybridized carbons (Fsp3) is 0.462. The molecule has 1 heterocycles. The maximum Gasteiger partial charge on any atom is 0.255 e. The Balaban J connectivity index is 2.29. The van der Waals surface area contributed by atoms with Crippen LogP contribution in [0.2, 0.25) is 10.0 Å². The molecule has 2 rings (SSSR count). The molecule has 0 aliphatic carbocycles. The molecule has 0 saturated carbocycles. The van der Waals surface area contributed by atoms with Gasteiger partial charge in [0.15, 0.2) is 0 Å². The second kappa shape index (κ2) is 5.68. The summed E-state index contributed by atoms with van der Waals surface area (Å²) in [5.74, 6) is 0.785. The molecule has 98 valence electrons. The van der Waals surface area contributed by atoms with Crippen LogP contribution in [0, 0.1) is 5.92 Å². The highest BCUT2D eigenvalue weighted by Gasteiger charge is 2.34. The summed E-state index contributed by atoms with van der Waals surface area (Å²) in [6.07, 6.45) is 0.974. The van der Waals surface area contributed by atoms with Gasteiger partial charge in [0.25, 0.3) is 5.91 Å². The maximum atomic E-state index is 12.5. The third-order valence-electron chi connectivity index (χ3n) is 3.48. The molecule has 1 aromatic carbocycles. The minimum absolute atomic E-state index is 0.0780. The number of alkyl halides is 1. The highest BCUT2D eigenvalue weighted by atomic mass is 35.5. The molecule has 18 heavy (non-hydrogen) atoms. The molecule has 2 nitrogen and oxygen atoms in total. The molecule has 1 fully saturated rings. The van der Waals surface area contributed by atoms with Crippen LogP contribution in [0.25, 0.3) is 0 Å². The minimum Gasteiger partial charge on any atom is -0.334 e. The van der Waals surface area contributed by atoms with Crippen molar-refractivity contribution in [3.63, 3.8) is 0 Å². The Morgan fingerprint density at radius 1 is 1.44 bits per heavy atom. The molecule has 0 N–H and O–H groups in total. The Labute approximate surface area is 122 Å². The zero-order valence-corrected chi connectivity index (χ0v) is 12.3. The Bertz CT molecular complexity index is 464. The molecule has 0 bridgehead atoms. The predicted octanol–water partition coefficient (Wildman–Crippen LogP) is 4.08. The summed E-state index contributed by atoms with van der Waals surface area (Å²) in [5, 5.41) is 0.717. The lowest BCUT2D eigenvalue weighted by molar-refractivity contribution is 0.0737. The molecule has 2 unspecified atom stereocenters. The number of hydrogen-bond donors (Lipinski definition) is 0. The molecule has 0 aromatic heterocycles. The van der Waals surface area contributed by atoms with E-state index in [0.717, 1.165) is 13.0 Å². The molecular weight excluding hydrogens is 293 g/mol. The normalized spacial score (nSPS) is 23.4. The van der Waals surface area contributed by atoms with Crippen LogP contribution in [0.1, 0.15) is 23.7 Å². The van der Waals surface area contributed by atoms with E-state index < -0.39 is 0 Å². The van der Waals surface area contributed by atoms with Crippen molar-refractivity contribution in [2.24, 2.45) is 5.92 Å². The number of nitrogens with zero attached hydrogens (tertiary/aromatic N) is 1. The average Bonchev–Trinajstić information content (AvgIpc) is 2.73. The van der Waals surface area contributed by atoms with Crippen molar-refractivity contribution in [3.8, 4) is 0 Å². The largest absolute Gasteiger partial charge is 0.334 e. The molecule has 1 aliphatic rings. The van der Waals surface area contributed by atoms with E-state index in [1.54, 1.807) is 23.1 Å². The number of rotatable bonds is 2. The van der Waals surface area contributed by atoms with Gasteiger partial charge in [0, 0.05) is 18.5 Å². The second-order valence-electron chi connectivity index (χ2n) is 4.59. The molecule has 5 heteroatoms. The van der Waals surface area contributed by atoms with Crippen LogP contribution in [-0.2, 0) is 0 Å². The Morgan fingerprint density at radius 3 is 2.83 bits per heavy atom. The summed E-state index contributed by atoms with van der Waals surface area (Å²) in [5.41, 5.74) is 0.452. The van der Waals surface area contributed by atoms with Gasteiger partial charge in [0.05, 0.1) is 15.6 Å². The molecule has 1 aromatic rings. The van der Waals surface area contributed by atoms with Crippen LogP contribution in [-0.4, -0.2) is 29.3 Å². The summed E-state index contributed by atoms with van der Waals surface area (Å²) in [7, 11) is 0. The van der Waals surface area contributed by atoms with Crippen molar-refractivity contribution in [1.29, 1.82) is 0 Å². The van der Waals surface area contributed by atoms with E-state index in [-0.39, 0.29) is 11.9 Å². The Hall–Kier alpha value is -0.440. The molecule has 1 saturated heterocycles. The lowest BCUT2D eigenvalue weighted by atomic mass is 10.0. The molecule has 2 atom stereocenters. The lowest BCUT2D eigenvalue weighted by Gasteiger charge is -2.25. The fourth-order valence-electron chi connectivity index (χ4n) is 2.32. The van der Waals surface area contributed by atoms with Crippen LogP contribution in [0.3, 0.4) is 0 Å². The van der Waals surface area contributed by atoms with Gasteiger partial charge in [-0.05, 0) is 24.5 Å². The van der Waals surface area contributed by atoms with Gasteiger partial charge >= 0.3 is 0 Å². The summed E-state index contributed by atoms with van der Waals surface area (Å²) >= 11 is 18.0. The van der Waals surface area contributed by atoms with Crippen LogP contribution < -0.4 is 0 Å². The molecule has 0 radical (unpaired) electrons. The first kappa shape index (κ1) is 14.0. The van der Waals surface area contributed by atoms with Gasteiger partial charge in [-0.25, -0.2) is 0 Å². The monoisotopic (exact) mass is 305 g/mol. The molecule has 0 spiro atoms. The summed E-state index contributed by atoms with van der Waals surface area (Å²) < 4.78 is 0. The standard InChI is InChI=1S/C13H14Cl3NO/c1-8-5-6-17(11(8)7-14)13(18)9-3-2-4-10(15)12(9)16/h2-4,8,11H,5-7H2,1H3. The second-order valence-corrected chi connectivity index (χ2v) is 5.68. The minimum atomic E-state index is -0.0856. The van der Waals surface area contributed by atoms with E-state index in [4.69, 9.17) is 34.8 Å². The van der Waals surface area contributed by atoms with Crippen LogP contribution in [0.15, 0.2) is 18.2 Å². The first-order valence-corrected chi connectivity index (χ1v) is 7.16. The van der Waals surface area contributed by atoms with Gasteiger partial charge in [-0.2, -0.15) is 0 Å². The molecule has 1 amide bonds. The van der Waals surface area contributed by atoms with E-state index in [9.17, 15) is 4.79 Å². The predicted molar refractivity (Wildman–Crippen MR) is 75.8 cm³/mol. The van der Waals surface area contributed by atoms with Gasteiger partial charge in [-0.3, -0.25) is 4.79 Å². The van der Waals surface area contributed by atoms with E-state index in [0.29, 0.717) is 27.4 Å². The number of carbonyl (C=O) groups excluding carboxylic acids is 1. The number of amides is 1. The number of carbonyl (C=O) groups is 1. The third-order valence-corrected chi connectivity index (χ3v) is 4.62. The van der Waals surface area contributed by atoms with Crippen LogP contribution >= 0.6 is 34.8 Å². The van der Waals surface area contributed by atoms with Gasteiger partial charge < -0.3 is 4.90 Å². The maximum absolute atomic E-state index is 12.5. The van der Waals surface area contributed by atoms with Crippen molar-refractivity contribution in [1.82, 2.24) is 4.90 Å². The Morgan fingerprint density at radius 2 is 2.17 bits per heavy atom. The summed E-state index contributed by atoms with van der Waals surface area (Å²) in [4.78, 5) is 14.3. The molecular formula is C13H14Cl3NO. The number of halogens is 3. The highest BCUT2D eigenvalue weighted by molar-refractivity contribution is 6.43. The number of hydrogen-bond acceptors (Lipinski definition) is 1. The SMILES string of the molecule is CC1CCN(C(=O)c2cccc(Cl)c2Cl)C1CCl.